The summed E-state index contributed by atoms with van der Waals surface area (Å²) in [6, 6.07) is 13.0. The molecule has 1 aromatic heterocycles. The molecule has 3 saturated heterocycles. The zero-order valence-electron chi connectivity index (χ0n) is 15.8. The highest BCUT2D eigenvalue weighted by Gasteiger charge is 2.36. The van der Waals surface area contributed by atoms with Gasteiger partial charge in [0.1, 0.15) is 0 Å². The third-order valence-corrected chi connectivity index (χ3v) is 5.86. The molecule has 2 aromatic rings. The van der Waals surface area contributed by atoms with E-state index in [1.807, 2.05) is 17.0 Å². The van der Waals surface area contributed by atoms with E-state index in [9.17, 15) is 4.79 Å². The molecule has 1 aromatic carbocycles. The first kappa shape index (κ1) is 18.1. The molecule has 27 heavy (non-hydrogen) atoms. The van der Waals surface area contributed by atoms with Gasteiger partial charge in [0.25, 0.3) is 5.91 Å². The van der Waals surface area contributed by atoms with Crippen molar-refractivity contribution in [3.8, 4) is 0 Å². The van der Waals surface area contributed by atoms with Crippen LogP contribution in [0.4, 0.5) is 0 Å². The van der Waals surface area contributed by atoms with Gasteiger partial charge < -0.3 is 10.6 Å². The number of carbonyl (C=O) groups excluding carboxylic acids is 1. The maximum Gasteiger partial charge on any atom is 0.255 e. The minimum Gasteiger partial charge on any atom is -0.337 e. The van der Waals surface area contributed by atoms with Crippen molar-refractivity contribution in [2.45, 2.75) is 31.8 Å². The van der Waals surface area contributed by atoms with Gasteiger partial charge in [0.05, 0.1) is 5.56 Å². The summed E-state index contributed by atoms with van der Waals surface area (Å²) in [5.74, 6) is 0.675. The van der Waals surface area contributed by atoms with Crippen molar-refractivity contribution in [1.29, 1.82) is 0 Å². The summed E-state index contributed by atoms with van der Waals surface area (Å²) in [6.45, 7) is 4.40. The van der Waals surface area contributed by atoms with Gasteiger partial charge in [-0.2, -0.15) is 0 Å². The Labute approximate surface area is 161 Å². The molecule has 0 spiro atoms. The first-order valence-electron chi connectivity index (χ1n) is 9.94. The van der Waals surface area contributed by atoms with Crippen LogP contribution in [-0.2, 0) is 13.0 Å². The maximum absolute atomic E-state index is 12.9. The molecule has 142 valence electrons. The number of amides is 1. The van der Waals surface area contributed by atoms with Crippen LogP contribution >= 0.6 is 0 Å². The molecule has 2 N–H and O–H groups in total. The van der Waals surface area contributed by atoms with Crippen molar-refractivity contribution in [3.63, 3.8) is 0 Å². The second-order valence-electron chi connectivity index (χ2n) is 7.83. The number of nitrogens with two attached hydrogens (primary N) is 1. The number of nitrogens with zero attached hydrogens (tertiary/aromatic N) is 3. The highest BCUT2D eigenvalue weighted by Crippen LogP contribution is 2.30. The zero-order chi connectivity index (χ0) is 18.6. The van der Waals surface area contributed by atoms with E-state index in [2.05, 4.69) is 34.1 Å². The van der Waals surface area contributed by atoms with E-state index < -0.39 is 0 Å². The molecular formula is C22H28N4O. The predicted octanol–water partition coefficient (Wildman–Crippen LogP) is 2.32. The highest BCUT2D eigenvalue weighted by molar-refractivity contribution is 5.94. The van der Waals surface area contributed by atoms with Crippen LogP contribution in [0.25, 0.3) is 0 Å². The van der Waals surface area contributed by atoms with Crippen LogP contribution in [0.15, 0.2) is 48.8 Å². The Hall–Kier alpha value is -2.24. The highest BCUT2D eigenvalue weighted by atomic mass is 16.2. The van der Waals surface area contributed by atoms with Gasteiger partial charge in [-0.3, -0.25) is 14.7 Å². The third-order valence-electron chi connectivity index (χ3n) is 5.86. The van der Waals surface area contributed by atoms with Crippen LogP contribution in [0.3, 0.4) is 0 Å². The molecule has 3 aliphatic heterocycles. The molecule has 0 aliphatic carbocycles. The van der Waals surface area contributed by atoms with Crippen molar-refractivity contribution in [2.24, 2.45) is 11.7 Å². The first-order chi connectivity index (χ1) is 13.2. The Morgan fingerprint density at radius 2 is 1.89 bits per heavy atom. The monoisotopic (exact) mass is 364 g/mol. The van der Waals surface area contributed by atoms with Crippen LogP contribution in [0, 0.1) is 5.92 Å². The fraction of sp³-hybridized carbons (Fsp3) is 0.455. The lowest BCUT2D eigenvalue weighted by atomic mass is 9.94. The molecule has 3 aliphatic rings. The van der Waals surface area contributed by atoms with E-state index in [4.69, 9.17) is 5.73 Å². The van der Waals surface area contributed by atoms with Crippen molar-refractivity contribution in [2.75, 3.05) is 26.2 Å². The number of fused-ring (bicyclic) bond motifs is 4. The number of rotatable bonds is 5. The summed E-state index contributed by atoms with van der Waals surface area (Å²) < 4.78 is 0. The molecule has 0 radical (unpaired) electrons. The summed E-state index contributed by atoms with van der Waals surface area (Å²) in [5.41, 5.74) is 8.98. The number of piperidine rings is 1. The van der Waals surface area contributed by atoms with Gasteiger partial charge in [-0.25, -0.2) is 0 Å². The second-order valence-corrected chi connectivity index (χ2v) is 7.83. The number of benzene rings is 1. The summed E-state index contributed by atoms with van der Waals surface area (Å²) in [7, 11) is 0. The van der Waals surface area contributed by atoms with Gasteiger partial charge in [-0.15, -0.1) is 0 Å². The molecule has 5 rings (SSSR count). The first-order valence-corrected chi connectivity index (χ1v) is 9.94. The molecule has 2 bridgehead atoms. The van der Waals surface area contributed by atoms with E-state index in [0.717, 1.165) is 32.6 Å². The Kier molecular flexibility index (Phi) is 5.50. The fourth-order valence-electron chi connectivity index (χ4n) is 4.42. The van der Waals surface area contributed by atoms with Gasteiger partial charge in [0.2, 0.25) is 0 Å². The number of aromatic nitrogens is 1. The Balaban J connectivity index is 1.44. The summed E-state index contributed by atoms with van der Waals surface area (Å²) in [5, 5.41) is 0. The van der Waals surface area contributed by atoms with Gasteiger partial charge in [-0.1, -0.05) is 24.3 Å². The van der Waals surface area contributed by atoms with E-state index in [1.165, 1.54) is 24.0 Å². The Bertz CT molecular complexity index is 762. The average Bonchev–Trinajstić information content (AvgIpc) is 3.02. The molecule has 5 nitrogen and oxygen atoms in total. The fourth-order valence-corrected chi connectivity index (χ4v) is 4.42. The molecule has 2 atom stereocenters. The van der Waals surface area contributed by atoms with Crippen LogP contribution in [0.2, 0.25) is 0 Å². The number of carbonyl (C=O) groups is 1. The SMILES string of the molecule is NCCc1ccc(CN2CC3CCC2CN(C(=O)c2cccnc2)C3)cc1. The minimum absolute atomic E-state index is 0.119. The predicted molar refractivity (Wildman–Crippen MR) is 106 cm³/mol. The van der Waals surface area contributed by atoms with E-state index in [0.29, 0.717) is 24.1 Å². The maximum atomic E-state index is 12.9. The molecular weight excluding hydrogens is 336 g/mol. The van der Waals surface area contributed by atoms with Crippen molar-refractivity contribution < 1.29 is 4.79 Å². The largest absolute Gasteiger partial charge is 0.337 e. The van der Waals surface area contributed by atoms with Crippen LogP contribution in [-0.4, -0.2) is 52.9 Å². The van der Waals surface area contributed by atoms with Gasteiger partial charge >= 0.3 is 0 Å². The molecule has 2 unspecified atom stereocenters. The lowest BCUT2D eigenvalue weighted by Gasteiger charge is -2.36. The summed E-state index contributed by atoms with van der Waals surface area (Å²) >= 11 is 0. The van der Waals surface area contributed by atoms with Crippen LogP contribution in [0.1, 0.15) is 34.3 Å². The normalized spacial score (nSPS) is 22.6. The smallest absolute Gasteiger partial charge is 0.255 e. The van der Waals surface area contributed by atoms with Crippen LogP contribution in [0.5, 0.6) is 0 Å². The van der Waals surface area contributed by atoms with E-state index >= 15 is 0 Å². The Morgan fingerprint density at radius 3 is 2.63 bits per heavy atom. The van der Waals surface area contributed by atoms with Gasteiger partial charge in [0.15, 0.2) is 0 Å². The van der Waals surface area contributed by atoms with Gasteiger partial charge in [0, 0.05) is 44.6 Å². The standard InChI is InChI=1S/C22H28N4O/c23-10-9-17-3-5-18(6-4-17)13-25-14-19-7-8-21(25)16-26(15-19)22(27)20-2-1-11-24-12-20/h1-6,11-12,19,21H,7-10,13-16,23H2. The number of hydrogen-bond donors (Lipinski definition) is 1. The lowest BCUT2D eigenvalue weighted by Crippen LogP contribution is -2.43. The van der Waals surface area contributed by atoms with Gasteiger partial charge in [-0.05, 0) is 55.0 Å². The second kappa shape index (κ2) is 8.19. The number of pyridine rings is 1. The number of hydrogen-bond acceptors (Lipinski definition) is 4. The average molecular weight is 364 g/mol. The van der Waals surface area contributed by atoms with E-state index in [1.54, 1.807) is 12.4 Å². The molecule has 3 fully saturated rings. The topological polar surface area (TPSA) is 62.5 Å². The van der Waals surface area contributed by atoms with E-state index in [-0.39, 0.29) is 5.91 Å². The summed E-state index contributed by atoms with van der Waals surface area (Å²) in [6.07, 6.45) is 6.71. The third kappa shape index (κ3) is 4.20. The molecule has 5 heteroatoms. The molecule has 1 amide bonds. The Morgan fingerprint density at radius 1 is 1.07 bits per heavy atom. The quantitative estimate of drug-likeness (QED) is 0.884. The van der Waals surface area contributed by atoms with Crippen molar-refractivity contribution in [1.82, 2.24) is 14.8 Å². The minimum atomic E-state index is 0.119. The van der Waals surface area contributed by atoms with Crippen LogP contribution < -0.4 is 5.73 Å². The van der Waals surface area contributed by atoms with Crippen molar-refractivity contribution >= 4 is 5.91 Å². The van der Waals surface area contributed by atoms with Crippen molar-refractivity contribution in [3.05, 3.63) is 65.5 Å². The molecule has 0 saturated carbocycles. The lowest BCUT2D eigenvalue weighted by molar-refractivity contribution is 0.0735. The molecule has 4 heterocycles. The zero-order valence-corrected chi connectivity index (χ0v) is 15.8. The summed E-state index contributed by atoms with van der Waals surface area (Å²) in [4.78, 5) is 21.6.